The van der Waals surface area contributed by atoms with Gasteiger partial charge < -0.3 is 40.9 Å². The van der Waals surface area contributed by atoms with Crippen LogP contribution < -0.4 is 10.6 Å². The number of anilines is 2. The third-order valence-electron chi connectivity index (χ3n) is 7.99. The van der Waals surface area contributed by atoms with Crippen molar-refractivity contribution in [3.05, 3.63) is 59.7 Å². The second kappa shape index (κ2) is 14.8. The number of unbranched alkanes of at least 4 members (excludes halogenated alkanes) is 1. The fourth-order valence-electron chi connectivity index (χ4n) is 5.61. The third-order valence-corrected chi connectivity index (χ3v) is 7.99. The molecule has 0 fully saturated rings. The largest absolute Gasteiger partial charge is 0.374 e. The minimum Gasteiger partial charge on any atom is -0.374 e. The molecule has 42 heavy (non-hydrogen) atoms. The number of carbonyl (C=O) groups is 2. The van der Waals surface area contributed by atoms with Crippen LogP contribution >= 0.6 is 0 Å². The van der Waals surface area contributed by atoms with Gasteiger partial charge in [0.2, 0.25) is 11.8 Å². The molecule has 0 saturated carbocycles. The first-order valence-corrected chi connectivity index (χ1v) is 14.6. The minimum absolute atomic E-state index is 0.0459. The van der Waals surface area contributed by atoms with Crippen molar-refractivity contribution in [2.45, 2.75) is 64.7 Å². The van der Waals surface area contributed by atoms with Crippen molar-refractivity contribution in [1.82, 2.24) is 19.6 Å². The van der Waals surface area contributed by atoms with Crippen LogP contribution in [0.15, 0.2) is 48.5 Å². The van der Waals surface area contributed by atoms with Gasteiger partial charge in [-0.05, 0) is 37.8 Å². The number of hydrogen-bond donors (Lipinski definition) is 6. The van der Waals surface area contributed by atoms with Gasteiger partial charge in [-0.15, -0.1) is 0 Å². The lowest BCUT2D eigenvalue weighted by Gasteiger charge is -2.39. The van der Waals surface area contributed by atoms with Gasteiger partial charge in [0, 0.05) is 75.6 Å². The topological polar surface area (TPSA) is 152 Å². The molecule has 2 aliphatic rings. The maximum atomic E-state index is 12.3. The van der Waals surface area contributed by atoms with Gasteiger partial charge in [0.15, 0.2) is 12.7 Å². The zero-order valence-corrected chi connectivity index (χ0v) is 24.4. The predicted octanol–water partition coefficient (Wildman–Crippen LogP) is 1.63. The van der Waals surface area contributed by atoms with Gasteiger partial charge in [-0.2, -0.15) is 0 Å². The van der Waals surface area contributed by atoms with Crippen LogP contribution in [-0.4, -0.2) is 104 Å². The molecule has 2 aromatic rings. The number of hydrogen-bond acceptors (Lipinski definition) is 10. The Morgan fingerprint density at radius 1 is 0.643 bits per heavy atom. The van der Waals surface area contributed by atoms with E-state index in [0.717, 1.165) is 12.8 Å². The summed E-state index contributed by atoms with van der Waals surface area (Å²) < 4.78 is 0. The van der Waals surface area contributed by atoms with Crippen LogP contribution in [0.25, 0.3) is 0 Å². The number of fused-ring (bicyclic) bond motifs is 2. The van der Waals surface area contributed by atoms with Crippen molar-refractivity contribution in [1.29, 1.82) is 0 Å². The lowest BCUT2D eigenvalue weighted by Crippen LogP contribution is -2.48. The summed E-state index contributed by atoms with van der Waals surface area (Å²) in [6, 6.07) is 14.6. The lowest BCUT2D eigenvalue weighted by atomic mass is 10.1. The SMILES string of the molecule is CC(=O)N(CCCCN(CCCN1C(O)Nc2ccccc2C1O)C(C)=O)CCCN1C(O)Nc2ccccc2C1O. The quantitative estimate of drug-likeness (QED) is 0.192. The number of para-hydroxylation sites is 2. The molecule has 2 aromatic carbocycles. The Balaban J connectivity index is 1.18. The number of aliphatic hydroxyl groups is 4. The summed E-state index contributed by atoms with van der Waals surface area (Å²) in [6.45, 7) is 5.92. The molecule has 0 saturated heterocycles. The average Bonchev–Trinajstić information content (AvgIpc) is 2.96. The van der Waals surface area contributed by atoms with E-state index < -0.39 is 25.2 Å². The number of nitrogens with one attached hydrogen (secondary N) is 2. The maximum Gasteiger partial charge on any atom is 0.219 e. The second-order valence-corrected chi connectivity index (χ2v) is 10.9. The van der Waals surface area contributed by atoms with E-state index in [1.807, 2.05) is 48.5 Å². The van der Waals surface area contributed by atoms with E-state index in [2.05, 4.69) is 10.6 Å². The van der Waals surface area contributed by atoms with Gasteiger partial charge in [-0.3, -0.25) is 9.59 Å². The summed E-state index contributed by atoms with van der Waals surface area (Å²) >= 11 is 0. The smallest absolute Gasteiger partial charge is 0.219 e. The zero-order valence-electron chi connectivity index (χ0n) is 24.4. The van der Waals surface area contributed by atoms with Crippen molar-refractivity contribution in [3.8, 4) is 0 Å². The molecule has 230 valence electrons. The van der Waals surface area contributed by atoms with Crippen molar-refractivity contribution in [2.24, 2.45) is 0 Å². The van der Waals surface area contributed by atoms with Crippen molar-refractivity contribution in [3.63, 3.8) is 0 Å². The Morgan fingerprint density at radius 3 is 1.38 bits per heavy atom. The van der Waals surface area contributed by atoms with E-state index in [-0.39, 0.29) is 11.8 Å². The Morgan fingerprint density at radius 2 is 1.00 bits per heavy atom. The van der Waals surface area contributed by atoms with E-state index >= 15 is 0 Å². The molecule has 2 amide bonds. The van der Waals surface area contributed by atoms with E-state index in [1.165, 1.54) is 13.8 Å². The summed E-state index contributed by atoms with van der Waals surface area (Å²) in [5.74, 6) is -0.0917. The fraction of sp³-hybridized carbons (Fsp3) is 0.533. The summed E-state index contributed by atoms with van der Waals surface area (Å²) in [5, 5.41) is 48.3. The number of carbonyl (C=O) groups excluding carboxylic acids is 2. The average molecular weight is 585 g/mol. The van der Waals surface area contributed by atoms with Crippen molar-refractivity contribution >= 4 is 23.2 Å². The van der Waals surface area contributed by atoms with Gasteiger partial charge in [0.25, 0.3) is 0 Å². The van der Waals surface area contributed by atoms with E-state index in [9.17, 15) is 30.0 Å². The first kappa shape index (κ1) is 31.7. The molecule has 2 aliphatic heterocycles. The molecule has 0 aromatic heterocycles. The number of amides is 2. The highest BCUT2D eigenvalue weighted by Gasteiger charge is 2.32. The van der Waals surface area contributed by atoms with Crippen LogP contribution in [0.5, 0.6) is 0 Å². The molecule has 0 radical (unpaired) electrons. The van der Waals surface area contributed by atoms with Gasteiger partial charge >= 0.3 is 0 Å². The van der Waals surface area contributed by atoms with E-state index in [0.29, 0.717) is 74.6 Å². The molecule has 4 atom stereocenters. The normalized spacial score (nSPS) is 22.0. The predicted molar refractivity (Wildman–Crippen MR) is 158 cm³/mol. The maximum absolute atomic E-state index is 12.3. The monoisotopic (exact) mass is 584 g/mol. The number of aliphatic hydroxyl groups excluding tert-OH is 4. The van der Waals surface area contributed by atoms with Gasteiger partial charge in [0.1, 0.15) is 12.5 Å². The van der Waals surface area contributed by atoms with E-state index in [4.69, 9.17) is 0 Å². The molecule has 4 rings (SSSR count). The van der Waals surface area contributed by atoms with Crippen LogP contribution in [0.2, 0.25) is 0 Å². The molecule has 2 heterocycles. The molecule has 12 nitrogen and oxygen atoms in total. The summed E-state index contributed by atoms with van der Waals surface area (Å²) in [7, 11) is 0. The number of rotatable bonds is 13. The second-order valence-electron chi connectivity index (χ2n) is 10.9. The third kappa shape index (κ3) is 7.77. The highest BCUT2D eigenvalue weighted by atomic mass is 16.3. The standard InChI is InChI=1S/C30H44N6O6/c1-21(37)33(17-9-19-35-27(39)23-11-3-5-13-25(23)31-29(35)41)15-7-8-16-34(22(2)38)18-10-20-36-28(40)24-12-4-6-14-26(24)32-30(36)42/h3-6,11-14,27-32,39-42H,7-10,15-20H2,1-2H3. The van der Waals surface area contributed by atoms with Crippen LogP contribution in [0, 0.1) is 0 Å². The molecule has 4 unspecified atom stereocenters. The van der Waals surface area contributed by atoms with Gasteiger partial charge in [-0.1, -0.05) is 36.4 Å². The summed E-state index contributed by atoms with van der Waals surface area (Å²) in [4.78, 5) is 31.2. The first-order valence-electron chi connectivity index (χ1n) is 14.6. The molecule has 0 spiro atoms. The first-order chi connectivity index (χ1) is 20.2. The van der Waals surface area contributed by atoms with Crippen LogP contribution in [-0.2, 0) is 9.59 Å². The molecule has 0 bridgehead atoms. The van der Waals surface area contributed by atoms with Crippen LogP contribution in [0.1, 0.15) is 63.1 Å². The minimum atomic E-state index is -1.02. The van der Waals surface area contributed by atoms with Crippen molar-refractivity contribution in [2.75, 3.05) is 49.9 Å². The summed E-state index contributed by atoms with van der Waals surface area (Å²) in [6.07, 6.45) is -1.33. The van der Waals surface area contributed by atoms with Crippen LogP contribution in [0.4, 0.5) is 11.4 Å². The van der Waals surface area contributed by atoms with E-state index in [1.54, 1.807) is 19.6 Å². The molecule has 0 aliphatic carbocycles. The van der Waals surface area contributed by atoms with Crippen molar-refractivity contribution < 1.29 is 30.0 Å². The Hall–Kier alpha value is -3.26. The van der Waals surface area contributed by atoms with Gasteiger partial charge in [-0.25, -0.2) is 9.80 Å². The number of nitrogens with zero attached hydrogens (tertiary/aromatic N) is 4. The molecule has 6 N–H and O–H groups in total. The Labute approximate surface area is 247 Å². The Bertz CT molecular complexity index is 1110. The molecule has 12 heteroatoms. The van der Waals surface area contributed by atoms with Gasteiger partial charge in [0.05, 0.1) is 0 Å². The van der Waals surface area contributed by atoms with Crippen LogP contribution in [0.3, 0.4) is 0 Å². The highest BCUT2D eigenvalue weighted by Crippen LogP contribution is 2.33. The summed E-state index contributed by atoms with van der Waals surface area (Å²) in [5.41, 5.74) is 2.80. The number of benzene rings is 2. The lowest BCUT2D eigenvalue weighted by molar-refractivity contribution is -0.131. The molecular weight excluding hydrogens is 540 g/mol. The molecular formula is C30H44N6O6. The zero-order chi connectivity index (χ0) is 30.2. The fourth-order valence-corrected chi connectivity index (χ4v) is 5.61. The Kier molecular flexibility index (Phi) is 11.1. The highest BCUT2D eigenvalue weighted by molar-refractivity contribution is 5.73.